The molecule has 0 atom stereocenters. The van der Waals surface area contributed by atoms with Crippen LogP contribution >= 0.6 is 0 Å². The highest BCUT2D eigenvalue weighted by Gasteiger charge is 2.04. The SMILES string of the molecule is CCCCCNC(=NC)NCCc1cn2cccc(C)c2n1. The number of aliphatic imine (C=N–C) groups is 1. The first kappa shape index (κ1) is 16.3. The van der Waals surface area contributed by atoms with E-state index in [2.05, 4.69) is 51.1 Å². The zero-order chi connectivity index (χ0) is 15.8. The van der Waals surface area contributed by atoms with E-state index in [-0.39, 0.29) is 0 Å². The maximum absolute atomic E-state index is 4.68. The molecule has 0 aliphatic rings. The summed E-state index contributed by atoms with van der Waals surface area (Å²) in [5, 5.41) is 6.68. The van der Waals surface area contributed by atoms with Gasteiger partial charge in [-0.05, 0) is 25.0 Å². The van der Waals surface area contributed by atoms with E-state index in [1.165, 1.54) is 24.8 Å². The lowest BCUT2D eigenvalue weighted by Gasteiger charge is -2.10. The van der Waals surface area contributed by atoms with Crippen molar-refractivity contribution in [2.45, 2.75) is 39.5 Å². The minimum absolute atomic E-state index is 0.830. The molecule has 0 amide bonds. The maximum atomic E-state index is 4.68. The Bertz CT molecular complexity index is 615. The smallest absolute Gasteiger partial charge is 0.190 e. The number of pyridine rings is 1. The number of guanidine groups is 1. The van der Waals surface area contributed by atoms with Gasteiger partial charge in [-0.3, -0.25) is 4.99 Å². The first-order valence-electron chi connectivity index (χ1n) is 8.12. The molecule has 2 N–H and O–H groups in total. The number of aromatic nitrogens is 2. The van der Waals surface area contributed by atoms with Gasteiger partial charge in [-0.15, -0.1) is 0 Å². The fourth-order valence-corrected chi connectivity index (χ4v) is 2.44. The monoisotopic (exact) mass is 301 g/mol. The highest BCUT2D eigenvalue weighted by Crippen LogP contribution is 2.09. The van der Waals surface area contributed by atoms with Gasteiger partial charge >= 0.3 is 0 Å². The van der Waals surface area contributed by atoms with Gasteiger partial charge in [-0.25, -0.2) is 4.98 Å². The number of hydrogen-bond acceptors (Lipinski definition) is 2. The molecule has 0 saturated carbocycles. The molecule has 5 nitrogen and oxygen atoms in total. The zero-order valence-corrected chi connectivity index (χ0v) is 13.9. The molecular formula is C17H27N5. The second-order valence-electron chi connectivity index (χ2n) is 5.54. The molecule has 2 aromatic heterocycles. The van der Waals surface area contributed by atoms with E-state index >= 15 is 0 Å². The fraction of sp³-hybridized carbons (Fsp3) is 0.529. The molecule has 0 radical (unpaired) electrons. The molecule has 5 heteroatoms. The Kier molecular flexibility index (Phi) is 6.25. The minimum Gasteiger partial charge on any atom is -0.356 e. The highest BCUT2D eigenvalue weighted by atomic mass is 15.2. The standard InChI is InChI=1S/C17H27N5/c1-4-5-6-10-19-17(18-3)20-11-9-15-13-22-12-7-8-14(2)16(22)21-15/h7-8,12-13H,4-6,9-11H2,1-3H3,(H2,18,19,20). The highest BCUT2D eigenvalue weighted by molar-refractivity contribution is 5.79. The van der Waals surface area contributed by atoms with Crippen LogP contribution in [-0.2, 0) is 6.42 Å². The van der Waals surface area contributed by atoms with Crippen molar-refractivity contribution in [3.05, 3.63) is 35.8 Å². The second kappa shape index (κ2) is 8.41. The van der Waals surface area contributed by atoms with E-state index in [9.17, 15) is 0 Å². The molecule has 0 bridgehead atoms. The number of aryl methyl sites for hydroxylation is 1. The van der Waals surface area contributed by atoms with Gasteiger partial charge in [0.1, 0.15) is 5.65 Å². The molecule has 0 aromatic carbocycles. The largest absolute Gasteiger partial charge is 0.356 e. The van der Waals surface area contributed by atoms with Gasteiger partial charge in [-0.2, -0.15) is 0 Å². The zero-order valence-electron chi connectivity index (χ0n) is 13.9. The molecule has 22 heavy (non-hydrogen) atoms. The number of nitrogens with zero attached hydrogens (tertiary/aromatic N) is 3. The van der Waals surface area contributed by atoms with Crippen LogP contribution in [0.15, 0.2) is 29.5 Å². The van der Waals surface area contributed by atoms with Crippen molar-refractivity contribution in [3.8, 4) is 0 Å². The van der Waals surface area contributed by atoms with E-state index in [0.717, 1.165) is 36.8 Å². The summed E-state index contributed by atoms with van der Waals surface area (Å²) in [6.07, 6.45) is 8.70. The summed E-state index contributed by atoms with van der Waals surface area (Å²) >= 11 is 0. The minimum atomic E-state index is 0.830. The number of imidazole rings is 1. The molecular weight excluding hydrogens is 274 g/mol. The number of fused-ring (bicyclic) bond motifs is 1. The summed E-state index contributed by atoms with van der Waals surface area (Å²) in [6.45, 7) is 6.10. The average molecular weight is 301 g/mol. The Labute approximate surface area is 132 Å². The molecule has 0 saturated heterocycles. The van der Waals surface area contributed by atoms with E-state index in [0.29, 0.717) is 0 Å². The van der Waals surface area contributed by atoms with Crippen LogP contribution in [0.5, 0.6) is 0 Å². The third kappa shape index (κ3) is 4.48. The van der Waals surface area contributed by atoms with Crippen molar-refractivity contribution in [2.75, 3.05) is 20.1 Å². The van der Waals surface area contributed by atoms with Crippen molar-refractivity contribution >= 4 is 11.6 Å². The van der Waals surface area contributed by atoms with Crippen molar-refractivity contribution in [2.24, 2.45) is 4.99 Å². The van der Waals surface area contributed by atoms with Gasteiger partial charge in [0.15, 0.2) is 5.96 Å². The van der Waals surface area contributed by atoms with Crippen LogP contribution in [0.3, 0.4) is 0 Å². The van der Waals surface area contributed by atoms with Gasteiger partial charge in [0.25, 0.3) is 0 Å². The van der Waals surface area contributed by atoms with Gasteiger partial charge in [0.05, 0.1) is 5.69 Å². The average Bonchev–Trinajstić information content (AvgIpc) is 2.94. The Morgan fingerprint density at radius 2 is 2.09 bits per heavy atom. The van der Waals surface area contributed by atoms with E-state index in [1.54, 1.807) is 0 Å². The molecule has 0 aliphatic heterocycles. The van der Waals surface area contributed by atoms with E-state index in [4.69, 9.17) is 0 Å². The summed E-state index contributed by atoms with van der Waals surface area (Å²) < 4.78 is 2.09. The van der Waals surface area contributed by atoms with Crippen LogP contribution in [0.2, 0.25) is 0 Å². The number of unbranched alkanes of at least 4 members (excludes halogenated alkanes) is 2. The second-order valence-corrected chi connectivity index (χ2v) is 5.54. The molecule has 0 unspecified atom stereocenters. The maximum Gasteiger partial charge on any atom is 0.190 e. The fourth-order valence-electron chi connectivity index (χ4n) is 2.44. The third-order valence-corrected chi connectivity index (χ3v) is 3.70. The first-order chi connectivity index (χ1) is 10.7. The quantitative estimate of drug-likeness (QED) is 0.469. The van der Waals surface area contributed by atoms with Crippen LogP contribution < -0.4 is 10.6 Å². The summed E-state index contributed by atoms with van der Waals surface area (Å²) in [5.74, 6) is 0.871. The van der Waals surface area contributed by atoms with Crippen LogP contribution in [0.4, 0.5) is 0 Å². The van der Waals surface area contributed by atoms with Crippen molar-refractivity contribution in [1.82, 2.24) is 20.0 Å². The van der Waals surface area contributed by atoms with Gasteiger partial charge in [-0.1, -0.05) is 25.8 Å². The summed E-state index contributed by atoms with van der Waals surface area (Å²) in [7, 11) is 1.81. The summed E-state index contributed by atoms with van der Waals surface area (Å²) in [4.78, 5) is 8.93. The van der Waals surface area contributed by atoms with Gasteiger partial charge in [0.2, 0.25) is 0 Å². The predicted octanol–water partition coefficient (Wildman–Crippen LogP) is 2.54. The normalized spacial score (nSPS) is 11.9. The number of nitrogens with one attached hydrogen (secondary N) is 2. The van der Waals surface area contributed by atoms with Crippen molar-refractivity contribution < 1.29 is 0 Å². The molecule has 0 aliphatic carbocycles. The summed E-state index contributed by atoms with van der Waals surface area (Å²) in [5.41, 5.74) is 3.35. The molecule has 0 fully saturated rings. The van der Waals surface area contributed by atoms with Crippen molar-refractivity contribution in [1.29, 1.82) is 0 Å². The van der Waals surface area contributed by atoms with Gasteiger partial charge in [0, 0.05) is 39.0 Å². The van der Waals surface area contributed by atoms with Crippen LogP contribution in [0.25, 0.3) is 5.65 Å². The summed E-state index contributed by atoms with van der Waals surface area (Å²) in [6, 6.07) is 4.14. The van der Waals surface area contributed by atoms with E-state index < -0.39 is 0 Å². The molecule has 2 aromatic rings. The number of hydrogen-bond donors (Lipinski definition) is 2. The number of rotatable bonds is 7. The van der Waals surface area contributed by atoms with Crippen LogP contribution in [0.1, 0.15) is 37.4 Å². The molecule has 2 heterocycles. The lowest BCUT2D eigenvalue weighted by atomic mass is 10.2. The Morgan fingerprint density at radius 3 is 2.82 bits per heavy atom. The lowest BCUT2D eigenvalue weighted by Crippen LogP contribution is -2.38. The van der Waals surface area contributed by atoms with E-state index in [1.807, 2.05) is 19.3 Å². The molecule has 2 rings (SSSR count). The van der Waals surface area contributed by atoms with Crippen LogP contribution in [0, 0.1) is 6.92 Å². The molecule has 0 spiro atoms. The Hall–Kier alpha value is -2.04. The van der Waals surface area contributed by atoms with Gasteiger partial charge < -0.3 is 15.0 Å². The van der Waals surface area contributed by atoms with Crippen molar-refractivity contribution in [3.63, 3.8) is 0 Å². The lowest BCUT2D eigenvalue weighted by molar-refractivity contribution is 0.682. The Morgan fingerprint density at radius 1 is 1.27 bits per heavy atom. The topological polar surface area (TPSA) is 53.7 Å². The first-order valence-corrected chi connectivity index (χ1v) is 8.12. The van der Waals surface area contributed by atoms with Crippen LogP contribution in [-0.4, -0.2) is 35.5 Å². The Balaban J connectivity index is 1.80. The predicted molar refractivity (Wildman–Crippen MR) is 92.5 cm³/mol. The molecule has 120 valence electrons. The third-order valence-electron chi connectivity index (χ3n) is 3.70.